The molecule has 3 nitrogen and oxygen atoms in total. The Balaban J connectivity index is 0. The van der Waals surface area contributed by atoms with Crippen molar-refractivity contribution in [3.63, 3.8) is 0 Å². The monoisotopic (exact) mass is 195 g/mol. The minimum Gasteiger partial charge on any atom is -0.480 e. The van der Waals surface area contributed by atoms with Gasteiger partial charge in [-0.1, -0.05) is 26.7 Å². The van der Waals surface area contributed by atoms with Crippen molar-refractivity contribution in [1.29, 1.82) is 0 Å². The van der Waals surface area contributed by atoms with Crippen LogP contribution < -0.4 is 5.73 Å². The summed E-state index contributed by atoms with van der Waals surface area (Å²) in [5, 5.41) is 8.75. The molecule has 0 bridgehead atoms. The van der Waals surface area contributed by atoms with Crippen LogP contribution in [0.25, 0.3) is 0 Å². The van der Waals surface area contributed by atoms with Crippen molar-refractivity contribution in [2.75, 3.05) is 0 Å². The van der Waals surface area contributed by atoms with Crippen LogP contribution in [0.3, 0.4) is 0 Å². The molecule has 0 aromatic heterocycles. The molecular weight excluding hydrogens is 178 g/mol. The predicted molar refractivity (Wildman–Crippen MR) is 51.5 cm³/mol. The van der Waals surface area contributed by atoms with E-state index in [-0.39, 0.29) is 18.3 Å². The normalized spacial score (nSPS) is 15.1. The average molecular weight is 196 g/mol. The number of nitrogens with two attached hydrogens (primary N) is 1. The standard InChI is InChI=1S/C8H17NO2.ClH/c1-4-6(5-2)8(3,9)7(10)11;/h6H,4-5,9H2,1-3H3,(H,10,11);1H. The summed E-state index contributed by atoms with van der Waals surface area (Å²) in [5.74, 6) is -0.841. The van der Waals surface area contributed by atoms with Gasteiger partial charge in [-0.15, -0.1) is 12.4 Å². The van der Waals surface area contributed by atoms with Crippen LogP contribution in [0.5, 0.6) is 0 Å². The van der Waals surface area contributed by atoms with Gasteiger partial charge in [-0.05, 0) is 12.8 Å². The first kappa shape index (κ1) is 14.3. The smallest absolute Gasteiger partial charge is 0.323 e. The molecule has 0 saturated heterocycles. The van der Waals surface area contributed by atoms with Gasteiger partial charge in [-0.2, -0.15) is 0 Å². The van der Waals surface area contributed by atoms with E-state index >= 15 is 0 Å². The summed E-state index contributed by atoms with van der Waals surface area (Å²) in [7, 11) is 0. The van der Waals surface area contributed by atoms with Crippen LogP contribution in [0.2, 0.25) is 0 Å². The Morgan fingerprint density at radius 2 is 1.83 bits per heavy atom. The molecule has 0 aromatic carbocycles. The van der Waals surface area contributed by atoms with E-state index in [1.807, 2.05) is 13.8 Å². The van der Waals surface area contributed by atoms with Crippen molar-refractivity contribution in [2.45, 2.75) is 39.2 Å². The molecule has 74 valence electrons. The molecule has 0 saturated carbocycles. The molecular formula is C8H18ClNO2. The van der Waals surface area contributed by atoms with Crippen LogP contribution in [0, 0.1) is 5.92 Å². The van der Waals surface area contributed by atoms with E-state index in [0.29, 0.717) is 0 Å². The van der Waals surface area contributed by atoms with Crippen LogP contribution in [0.4, 0.5) is 0 Å². The summed E-state index contributed by atoms with van der Waals surface area (Å²) < 4.78 is 0. The van der Waals surface area contributed by atoms with Gasteiger partial charge in [0.15, 0.2) is 0 Å². The molecule has 0 aliphatic carbocycles. The lowest BCUT2D eigenvalue weighted by Gasteiger charge is -2.28. The first-order valence-corrected chi connectivity index (χ1v) is 3.99. The number of rotatable bonds is 4. The van der Waals surface area contributed by atoms with Gasteiger partial charge in [0.1, 0.15) is 5.54 Å². The molecule has 0 fully saturated rings. The Kier molecular flexibility index (Phi) is 6.39. The van der Waals surface area contributed by atoms with E-state index in [1.54, 1.807) is 6.92 Å². The minimum atomic E-state index is -1.07. The molecule has 0 amide bonds. The molecule has 1 atom stereocenters. The number of halogens is 1. The SMILES string of the molecule is CCC(CC)C(C)(N)C(=O)O.Cl. The van der Waals surface area contributed by atoms with Crippen molar-refractivity contribution < 1.29 is 9.90 Å². The Bertz CT molecular complexity index is 144. The van der Waals surface area contributed by atoms with Gasteiger partial charge in [-0.3, -0.25) is 4.79 Å². The van der Waals surface area contributed by atoms with E-state index in [2.05, 4.69) is 0 Å². The van der Waals surface area contributed by atoms with Gasteiger partial charge in [0.2, 0.25) is 0 Å². The summed E-state index contributed by atoms with van der Waals surface area (Å²) in [6.45, 7) is 5.50. The maximum atomic E-state index is 10.7. The highest BCUT2D eigenvalue weighted by atomic mass is 35.5. The number of hydrogen-bond donors (Lipinski definition) is 2. The molecule has 0 aromatic rings. The zero-order valence-corrected chi connectivity index (χ0v) is 8.65. The number of aliphatic carboxylic acids is 1. The summed E-state index contributed by atoms with van der Waals surface area (Å²) >= 11 is 0. The van der Waals surface area contributed by atoms with Gasteiger partial charge in [0.25, 0.3) is 0 Å². The van der Waals surface area contributed by atoms with E-state index in [4.69, 9.17) is 10.8 Å². The number of carbonyl (C=O) groups is 1. The fraction of sp³-hybridized carbons (Fsp3) is 0.875. The van der Waals surface area contributed by atoms with Crippen molar-refractivity contribution in [2.24, 2.45) is 11.7 Å². The maximum Gasteiger partial charge on any atom is 0.323 e. The van der Waals surface area contributed by atoms with E-state index in [9.17, 15) is 4.79 Å². The van der Waals surface area contributed by atoms with E-state index < -0.39 is 11.5 Å². The second-order valence-electron chi connectivity index (χ2n) is 3.10. The predicted octanol–water partition coefficient (Wildman–Crippen LogP) is 1.65. The van der Waals surface area contributed by atoms with Crippen molar-refractivity contribution in [3.05, 3.63) is 0 Å². The van der Waals surface area contributed by atoms with Gasteiger partial charge in [0.05, 0.1) is 0 Å². The molecule has 0 aliphatic rings. The molecule has 4 heteroatoms. The Morgan fingerprint density at radius 1 is 1.50 bits per heavy atom. The quantitative estimate of drug-likeness (QED) is 0.717. The van der Waals surface area contributed by atoms with Crippen LogP contribution in [0.1, 0.15) is 33.6 Å². The topological polar surface area (TPSA) is 63.3 Å². The summed E-state index contributed by atoms with van der Waals surface area (Å²) in [5.41, 5.74) is 4.56. The maximum absolute atomic E-state index is 10.7. The lowest BCUT2D eigenvalue weighted by Crippen LogP contribution is -2.51. The number of hydrogen-bond acceptors (Lipinski definition) is 2. The largest absolute Gasteiger partial charge is 0.480 e. The first-order valence-electron chi connectivity index (χ1n) is 3.99. The third-order valence-corrected chi connectivity index (χ3v) is 2.29. The van der Waals surface area contributed by atoms with Gasteiger partial charge < -0.3 is 10.8 Å². The fourth-order valence-corrected chi connectivity index (χ4v) is 1.31. The summed E-state index contributed by atoms with van der Waals surface area (Å²) in [6, 6.07) is 0. The highest BCUT2D eigenvalue weighted by molar-refractivity contribution is 5.85. The Morgan fingerprint density at radius 3 is 1.92 bits per heavy atom. The number of carboxylic acid groups (broad SMARTS) is 1. The molecule has 0 radical (unpaired) electrons. The van der Waals surface area contributed by atoms with Crippen molar-refractivity contribution in [1.82, 2.24) is 0 Å². The zero-order chi connectivity index (χ0) is 9.07. The Hall–Kier alpha value is -0.280. The van der Waals surface area contributed by atoms with Crippen LogP contribution in [-0.4, -0.2) is 16.6 Å². The third-order valence-electron chi connectivity index (χ3n) is 2.29. The lowest BCUT2D eigenvalue weighted by atomic mass is 9.83. The minimum absolute atomic E-state index is 0. The average Bonchev–Trinajstić information content (AvgIpc) is 1.89. The summed E-state index contributed by atoms with van der Waals surface area (Å²) in [4.78, 5) is 10.7. The first-order chi connectivity index (χ1) is 4.96. The highest BCUT2D eigenvalue weighted by Gasteiger charge is 2.34. The van der Waals surface area contributed by atoms with E-state index in [1.165, 1.54) is 0 Å². The second-order valence-corrected chi connectivity index (χ2v) is 3.10. The van der Waals surface area contributed by atoms with E-state index in [0.717, 1.165) is 12.8 Å². The van der Waals surface area contributed by atoms with Crippen LogP contribution in [-0.2, 0) is 4.79 Å². The molecule has 3 N–H and O–H groups in total. The second kappa shape index (κ2) is 5.38. The zero-order valence-electron chi connectivity index (χ0n) is 7.83. The van der Waals surface area contributed by atoms with Crippen molar-refractivity contribution in [3.8, 4) is 0 Å². The van der Waals surface area contributed by atoms with Gasteiger partial charge in [-0.25, -0.2) is 0 Å². The van der Waals surface area contributed by atoms with Crippen LogP contribution in [0.15, 0.2) is 0 Å². The van der Waals surface area contributed by atoms with Gasteiger partial charge >= 0.3 is 5.97 Å². The van der Waals surface area contributed by atoms with Crippen LogP contribution >= 0.6 is 12.4 Å². The Labute approximate surface area is 79.7 Å². The molecule has 0 rings (SSSR count). The highest BCUT2D eigenvalue weighted by Crippen LogP contribution is 2.21. The third kappa shape index (κ3) is 2.99. The lowest BCUT2D eigenvalue weighted by molar-refractivity contribution is -0.144. The number of carboxylic acids is 1. The molecule has 0 spiro atoms. The summed E-state index contributed by atoms with van der Waals surface area (Å²) in [6.07, 6.45) is 1.63. The van der Waals surface area contributed by atoms with Gasteiger partial charge in [0, 0.05) is 0 Å². The molecule has 0 heterocycles. The van der Waals surface area contributed by atoms with Crippen molar-refractivity contribution >= 4 is 18.4 Å². The molecule has 1 unspecified atom stereocenters. The molecule has 0 aliphatic heterocycles. The molecule has 12 heavy (non-hydrogen) atoms. The fourth-order valence-electron chi connectivity index (χ4n) is 1.31.